The van der Waals surface area contributed by atoms with E-state index in [0.29, 0.717) is 19.3 Å². The van der Waals surface area contributed by atoms with Crippen molar-refractivity contribution >= 4 is 31.3 Å². The summed E-state index contributed by atoms with van der Waals surface area (Å²) < 4.78 is 134. The highest BCUT2D eigenvalue weighted by atomic mass is 32.2. The van der Waals surface area contributed by atoms with Gasteiger partial charge in [-0.05, 0) is 24.7 Å². The molecule has 0 amide bonds. The Balaban J connectivity index is 2.40. The number of alkyl halides is 6. The van der Waals surface area contributed by atoms with Crippen LogP contribution < -0.4 is 8.37 Å². The molecule has 192 valence electrons. The summed E-state index contributed by atoms with van der Waals surface area (Å²) in [5.41, 5.74) is -12.9. The number of H-pyrrole nitrogens is 1. The Kier molecular flexibility index (Phi) is 6.75. The number of hydrogen-bond acceptors (Lipinski definition) is 8. The lowest BCUT2D eigenvalue weighted by atomic mass is 9.83. The molecule has 0 atom stereocenters. The Hall–Kier alpha value is -2.30. The monoisotopic (exact) mass is 539 g/mol. The van der Waals surface area contributed by atoms with Crippen LogP contribution in [0.15, 0.2) is 0 Å². The summed E-state index contributed by atoms with van der Waals surface area (Å²) in [5.74, 6) is -3.64. The molecular formula is C17H19F6N3O6S2. The maximum absolute atomic E-state index is 13.2. The van der Waals surface area contributed by atoms with E-state index in [9.17, 15) is 43.2 Å². The molecule has 2 heterocycles. The maximum atomic E-state index is 13.2. The van der Waals surface area contributed by atoms with Crippen molar-refractivity contribution in [3.8, 4) is 11.6 Å². The summed E-state index contributed by atoms with van der Waals surface area (Å²) in [6.07, 6.45) is 2.05. The minimum absolute atomic E-state index is 0.0807. The average molecular weight is 539 g/mol. The van der Waals surface area contributed by atoms with Gasteiger partial charge in [0.15, 0.2) is 11.4 Å². The Morgan fingerprint density at radius 2 is 1.44 bits per heavy atom. The highest BCUT2D eigenvalue weighted by Crippen LogP contribution is 2.48. The number of aromatic nitrogens is 3. The molecule has 0 spiro atoms. The summed E-state index contributed by atoms with van der Waals surface area (Å²) in [6, 6.07) is 0. The highest BCUT2D eigenvalue weighted by Gasteiger charge is 2.51. The van der Waals surface area contributed by atoms with Crippen molar-refractivity contribution in [1.82, 2.24) is 15.2 Å². The number of halogens is 6. The molecule has 1 fully saturated rings. The van der Waals surface area contributed by atoms with Crippen molar-refractivity contribution in [2.75, 3.05) is 0 Å². The lowest BCUT2D eigenvalue weighted by molar-refractivity contribution is -0.0503. The molecule has 0 radical (unpaired) electrons. The first-order chi connectivity index (χ1) is 15.5. The number of fused-ring (bicyclic) bond motifs is 1. The first-order valence-electron chi connectivity index (χ1n) is 9.89. The number of aromatic amines is 1. The number of pyridine rings is 1. The zero-order valence-corrected chi connectivity index (χ0v) is 19.3. The maximum Gasteiger partial charge on any atom is 0.534 e. The van der Waals surface area contributed by atoms with Crippen molar-refractivity contribution in [3.05, 3.63) is 11.3 Å². The molecule has 17 heteroatoms. The average Bonchev–Trinajstić information content (AvgIpc) is 3.10. The fourth-order valence-corrected chi connectivity index (χ4v) is 4.58. The molecule has 1 aliphatic rings. The van der Waals surface area contributed by atoms with Gasteiger partial charge in [-0.1, -0.05) is 33.1 Å². The second kappa shape index (κ2) is 8.73. The summed E-state index contributed by atoms with van der Waals surface area (Å²) in [7, 11) is -12.6. The van der Waals surface area contributed by atoms with E-state index in [1.54, 1.807) is 13.8 Å². The van der Waals surface area contributed by atoms with Crippen molar-refractivity contribution in [2.24, 2.45) is 0 Å². The van der Waals surface area contributed by atoms with Crippen LogP contribution in [0.25, 0.3) is 11.0 Å². The quantitative estimate of drug-likeness (QED) is 0.321. The van der Waals surface area contributed by atoms with E-state index in [2.05, 4.69) is 23.5 Å². The lowest BCUT2D eigenvalue weighted by Gasteiger charge is -2.26. The van der Waals surface area contributed by atoms with Gasteiger partial charge in [-0.2, -0.15) is 53.3 Å². The molecule has 0 aromatic carbocycles. The van der Waals surface area contributed by atoms with Gasteiger partial charge in [-0.25, -0.2) is 0 Å². The minimum Gasteiger partial charge on any atom is -0.375 e. The highest BCUT2D eigenvalue weighted by molar-refractivity contribution is 7.88. The van der Waals surface area contributed by atoms with Crippen LogP contribution in [0.5, 0.6) is 11.6 Å². The van der Waals surface area contributed by atoms with Crippen molar-refractivity contribution in [3.63, 3.8) is 0 Å². The Bertz CT molecular complexity index is 1280. The van der Waals surface area contributed by atoms with Gasteiger partial charge in [0.2, 0.25) is 5.88 Å². The first-order valence-corrected chi connectivity index (χ1v) is 12.7. The van der Waals surface area contributed by atoms with E-state index in [-0.39, 0.29) is 23.9 Å². The second-order valence-corrected chi connectivity index (χ2v) is 11.0. The van der Waals surface area contributed by atoms with E-state index in [0.717, 1.165) is 0 Å². The van der Waals surface area contributed by atoms with Crippen LogP contribution in [-0.2, 0) is 20.2 Å². The van der Waals surface area contributed by atoms with Gasteiger partial charge >= 0.3 is 31.3 Å². The Morgan fingerprint density at radius 1 is 0.912 bits per heavy atom. The van der Waals surface area contributed by atoms with Gasteiger partial charge < -0.3 is 8.37 Å². The standard InChI is InChI=1S/C17H19F6N3O6S2/c1-8(2)12-11-13(31-33(27,28)16(18,19)20)10(9-6-4-3-5-7-9)15(24-14(11)26-25-12)32-34(29,30)17(21,22)23/h8-9H,3-7H2,1-2H3,(H,24,25,26). The number of rotatable bonds is 6. The summed E-state index contributed by atoms with van der Waals surface area (Å²) >= 11 is 0. The third-order valence-corrected chi connectivity index (χ3v) is 7.12. The molecule has 3 rings (SSSR count). The summed E-state index contributed by atoms with van der Waals surface area (Å²) in [6.45, 7) is 3.15. The molecule has 0 saturated heterocycles. The third kappa shape index (κ3) is 4.89. The summed E-state index contributed by atoms with van der Waals surface area (Å²) in [4.78, 5) is 3.71. The first kappa shape index (κ1) is 26.3. The van der Waals surface area contributed by atoms with Crippen LogP contribution in [0.3, 0.4) is 0 Å². The van der Waals surface area contributed by atoms with Gasteiger partial charge in [0.25, 0.3) is 0 Å². The van der Waals surface area contributed by atoms with Crippen LogP contribution in [0.4, 0.5) is 26.3 Å². The number of nitrogens with one attached hydrogen (secondary N) is 1. The predicted molar refractivity (Wildman–Crippen MR) is 105 cm³/mol. The van der Waals surface area contributed by atoms with E-state index >= 15 is 0 Å². The molecule has 0 unspecified atom stereocenters. The van der Waals surface area contributed by atoms with Crippen molar-refractivity contribution < 1.29 is 51.5 Å². The van der Waals surface area contributed by atoms with E-state index in [4.69, 9.17) is 0 Å². The molecule has 2 aromatic rings. The molecule has 0 bridgehead atoms. The van der Waals surface area contributed by atoms with Crippen LogP contribution in [0.1, 0.15) is 69.0 Å². The smallest absolute Gasteiger partial charge is 0.375 e. The van der Waals surface area contributed by atoms with Crippen LogP contribution >= 0.6 is 0 Å². The Morgan fingerprint density at radius 3 is 1.94 bits per heavy atom. The normalized spacial score (nSPS) is 16.9. The molecule has 1 saturated carbocycles. The molecule has 0 aliphatic heterocycles. The zero-order valence-electron chi connectivity index (χ0n) is 17.6. The minimum atomic E-state index is -6.31. The Labute approximate surface area is 190 Å². The van der Waals surface area contributed by atoms with Crippen LogP contribution in [0.2, 0.25) is 0 Å². The molecule has 2 aromatic heterocycles. The van der Waals surface area contributed by atoms with Gasteiger partial charge in [0, 0.05) is 0 Å². The van der Waals surface area contributed by atoms with E-state index < -0.39 is 65.9 Å². The van der Waals surface area contributed by atoms with Crippen molar-refractivity contribution in [2.45, 2.75) is 68.8 Å². The van der Waals surface area contributed by atoms with E-state index in [1.807, 2.05) is 0 Å². The number of hydrogen-bond donors (Lipinski definition) is 1. The van der Waals surface area contributed by atoms with Crippen LogP contribution in [-0.4, -0.2) is 43.0 Å². The van der Waals surface area contributed by atoms with E-state index in [1.165, 1.54) is 0 Å². The zero-order chi connectivity index (χ0) is 25.7. The van der Waals surface area contributed by atoms with Crippen LogP contribution in [0, 0.1) is 0 Å². The summed E-state index contributed by atoms with van der Waals surface area (Å²) in [5, 5.41) is 5.78. The molecular weight excluding hydrogens is 520 g/mol. The van der Waals surface area contributed by atoms with Gasteiger partial charge in [0.1, 0.15) is 0 Å². The predicted octanol–water partition coefficient (Wildman–Crippen LogP) is 4.59. The fraction of sp³-hybridized carbons (Fsp3) is 0.647. The number of nitrogens with zero attached hydrogens (tertiary/aromatic N) is 2. The molecule has 1 N–H and O–H groups in total. The molecule has 9 nitrogen and oxygen atoms in total. The van der Waals surface area contributed by atoms with Gasteiger partial charge in [0.05, 0.1) is 16.6 Å². The lowest BCUT2D eigenvalue weighted by Crippen LogP contribution is -2.30. The topological polar surface area (TPSA) is 128 Å². The van der Waals surface area contributed by atoms with Gasteiger partial charge in [-0.3, -0.25) is 5.10 Å². The molecule has 1 aliphatic carbocycles. The largest absolute Gasteiger partial charge is 0.534 e. The molecule has 34 heavy (non-hydrogen) atoms. The third-order valence-electron chi connectivity index (χ3n) is 5.22. The van der Waals surface area contributed by atoms with Gasteiger partial charge in [-0.15, -0.1) is 0 Å². The second-order valence-electron chi connectivity index (χ2n) is 7.95. The fourth-order valence-electron chi connectivity index (χ4n) is 3.67. The SMILES string of the molecule is CC(C)c1[nH]nc2nc(OS(=O)(=O)C(F)(F)F)c(C3CCCCC3)c(OS(=O)(=O)C(F)(F)F)c12. The van der Waals surface area contributed by atoms with Crippen molar-refractivity contribution in [1.29, 1.82) is 0 Å².